The zero-order chi connectivity index (χ0) is 14.1. The number of nitrogens with two attached hydrogens (primary N) is 1. The molecule has 1 amide bonds. The molecule has 0 unspecified atom stereocenters. The van der Waals surface area contributed by atoms with E-state index in [-0.39, 0.29) is 18.9 Å². The van der Waals surface area contributed by atoms with Crippen LogP contribution < -0.4 is 11.1 Å². The molecule has 0 aromatic carbocycles. The number of hydrogen-bond donors (Lipinski definition) is 2. The van der Waals surface area contributed by atoms with Crippen LogP contribution in [0.3, 0.4) is 0 Å². The van der Waals surface area contributed by atoms with Gasteiger partial charge in [-0.2, -0.15) is 0 Å². The minimum absolute atomic E-state index is 0.0466. The molecule has 3 N–H and O–H groups in total. The van der Waals surface area contributed by atoms with Crippen LogP contribution in [0, 0.1) is 0 Å². The molecule has 19 heavy (non-hydrogen) atoms. The van der Waals surface area contributed by atoms with Gasteiger partial charge in [-0.05, 0) is 12.1 Å². The van der Waals surface area contributed by atoms with Gasteiger partial charge in [-0.15, -0.1) is 0 Å². The van der Waals surface area contributed by atoms with Crippen molar-refractivity contribution in [3.8, 4) is 0 Å². The second-order valence-electron chi connectivity index (χ2n) is 3.85. The van der Waals surface area contributed by atoms with Gasteiger partial charge >= 0.3 is 0 Å². The van der Waals surface area contributed by atoms with Crippen LogP contribution in [-0.4, -0.2) is 45.6 Å². The molecule has 0 saturated carbocycles. The van der Waals surface area contributed by atoms with E-state index in [1.807, 2.05) is 0 Å². The summed E-state index contributed by atoms with van der Waals surface area (Å²) in [4.78, 5) is 11.4. The number of hydrogen-bond acceptors (Lipinski definition) is 6. The molecule has 108 valence electrons. The Morgan fingerprint density at radius 3 is 2.84 bits per heavy atom. The number of amides is 1. The molecule has 1 rings (SSSR count). The van der Waals surface area contributed by atoms with Crippen molar-refractivity contribution in [2.24, 2.45) is 5.73 Å². The Labute approximate surface area is 112 Å². The minimum atomic E-state index is -3.46. The Bertz CT molecular complexity index is 469. The third-order valence-corrected chi connectivity index (χ3v) is 3.68. The quantitative estimate of drug-likeness (QED) is 0.581. The normalized spacial score (nSPS) is 11.4. The third kappa shape index (κ3) is 6.94. The molecule has 0 fully saturated rings. The number of carbonyl (C=O) groups excluding carboxylic acids is 1. The fourth-order valence-corrected chi connectivity index (χ4v) is 2.31. The van der Waals surface area contributed by atoms with Gasteiger partial charge in [0.25, 0.3) is 0 Å². The molecule has 1 heterocycles. The van der Waals surface area contributed by atoms with Crippen LogP contribution in [0.2, 0.25) is 0 Å². The molecule has 7 nitrogen and oxygen atoms in total. The Hall–Kier alpha value is -1.38. The van der Waals surface area contributed by atoms with E-state index >= 15 is 0 Å². The van der Waals surface area contributed by atoms with Crippen molar-refractivity contribution in [2.75, 3.05) is 31.3 Å². The Morgan fingerprint density at radius 2 is 2.21 bits per heavy atom. The summed E-state index contributed by atoms with van der Waals surface area (Å²) in [6, 6.07) is 3.38. The first kappa shape index (κ1) is 15.7. The van der Waals surface area contributed by atoms with E-state index in [0.29, 0.717) is 18.9 Å². The summed E-state index contributed by atoms with van der Waals surface area (Å²) in [6.07, 6.45) is 1.48. The van der Waals surface area contributed by atoms with Crippen LogP contribution in [0.5, 0.6) is 0 Å². The summed E-state index contributed by atoms with van der Waals surface area (Å²) in [5.74, 6) is -0.742. The topological polar surface area (TPSA) is 112 Å². The van der Waals surface area contributed by atoms with Gasteiger partial charge in [0.2, 0.25) is 5.91 Å². The van der Waals surface area contributed by atoms with Gasteiger partial charge in [-0.25, -0.2) is 8.42 Å². The summed E-state index contributed by atoms with van der Waals surface area (Å²) in [6.45, 7) is 0.861. The predicted molar refractivity (Wildman–Crippen MR) is 69.1 cm³/mol. The minimum Gasteiger partial charge on any atom is -0.467 e. The van der Waals surface area contributed by atoms with E-state index in [1.54, 1.807) is 12.1 Å². The summed E-state index contributed by atoms with van der Waals surface area (Å²) >= 11 is 0. The van der Waals surface area contributed by atoms with E-state index in [9.17, 15) is 13.2 Å². The first-order valence-corrected chi connectivity index (χ1v) is 7.63. The lowest BCUT2D eigenvalue weighted by molar-refractivity contribution is -0.118. The molecule has 0 aliphatic heterocycles. The predicted octanol–water partition coefficient (Wildman–Crippen LogP) is -0.714. The molecule has 1 aromatic heterocycles. The molecule has 0 saturated heterocycles. The molecular formula is C11H18N2O5S. The maximum absolute atomic E-state index is 11.6. The van der Waals surface area contributed by atoms with Crippen molar-refractivity contribution < 1.29 is 22.4 Å². The average molecular weight is 290 g/mol. The van der Waals surface area contributed by atoms with Gasteiger partial charge in [0, 0.05) is 6.54 Å². The van der Waals surface area contributed by atoms with E-state index in [2.05, 4.69) is 5.32 Å². The number of carbonyl (C=O) groups is 1. The van der Waals surface area contributed by atoms with Gasteiger partial charge in [0.05, 0.1) is 31.8 Å². The highest BCUT2D eigenvalue weighted by Gasteiger charge is 2.16. The first-order chi connectivity index (χ1) is 9.03. The lowest BCUT2D eigenvalue weighted by Gasteiger charge is -2.05. The zero-order valence-corrected chi connectivity index (χ0v) is 11.3. The highest BCUT2D eigenvalue weighted by molar-refractivity contribution is 7.92. The molecular weight excluding hydrogens is 272 g/mol. The number of sulfone groups is 1. The van der Waals surface area contributed by atoms with E-state index in [4.69, 9.17) is 14.9 Å². The van der Waals surface area contributed by atoms with Crippen LogP contribution in [-0.2, 0) is 25.9 Å². The van der Waals surface area contributed by atoms with Crippen LogP contribution >= 0.6 is 0 Å². The lowest BCUT2D eigenvalue weighted by atomic mass is 10.4. The SMILES string of the molecule is NCCOCCS(=O)(=O)CC(=O)NCc1ccco1. The summed E-state index contributed by atoms with van der Waals surface area (Å²) in [7, 11) is -3.46. The Balaban J connectivity index is 2.26. The van der Waals surface area contributed by atoms with Crippen LogP contribution in [0.15, 0.2) is 22.8 Å². The van der Waals surface area contributed by atoms with Crippen molar-refractivity contribution in [2.45, 2.75) is 6.54 Å². The second kappa shape index (κ2) is 7.93. The average Bonchev–Trinajstić information content (AvgIpc) is 2.85. The molecule has 1 aromatic rings. The van der Waals surface area contributed by atoms with Gasteiger partial charge in [0.15, 0.2) is 9.84 Å². The number of furan rings is 1. The van der Waals surface area contributed by atoms with Gasteiger partial charge < -0.3 is 20.2 Å². The van der Waals surface area contributed by atoms with Crippen LogP contribution in [0.4, 0.5) is 0 Å². The molecule has 0 aliphatic carbocycles. The Kier molecular flexibility index (Phi) is 6.54. The number of ether oxygens (including phenoxy) is 1. The monoisotopic (exact) mass is 290 g/mol. The molecule has 0 atom stereocenters. The maximum Gasteiger partial charge on any atom is 0.235 e. The van der Waals surface area contributed by atoms with Crippen molar-refractivity contribution in [1.29, 1.82) is 0 Å². The van der Waals surface area contributed by atoms with Gasteiger partial charge in [-0.3, -0.25) is 4.79 Å². The van der Waals surface area contributed by atoms with Crippen molar-refractivity contribution in [3.63, 3.8) is 0 Å². The molecule has 0 bridgehead atoms. The third-order valence-electron chi connectivity index (χ3n) is 2.19. The molecule has 0 radical (unpaired) electrons. The first-order valence-electron chi connectivity index (χ1n) is 5.81. The molecule has 0 aliphatic rings. The van der Waals surface area contributed by atoms with Crippen molar-refractivity contribution in [1.82, 2.24) is 5.32 Å². The second-order valence-corrected chi connectivity index (χ2v) is 6.03. The number of nitrogens with one attached hydrogen (secondary N) is 1. The van der Waals surface area contributed by atoms with Gasteiger partial charge in [-0.1, -0.05) is 0 Å². The molecule has 0 spiro atoms. The van der Waals surface area contributed by atoms with E-state index in [0.717, 1.165) is 0 Å². The fraction of sp³-hybridized carbons (Fsp3) is 0.545. The van der Waals surface area contributed by atoms with Gasteiger partial charge in [0.1, 0.15) is 11.5 Å². The molecule has 8 heteroatoms. The number of rotatable bonds is 9. The highest BCUT2D eigenvalue weighted by Crippen LogP contribution is 1.99. The van der Waals surface area contributed by atoms with Crippen molar-refractivity contribution >= 4 is 15.7 Å². The summed E-state index contributed by atoms with van der Waals surface area (Å²) in [5, 5.41) is 2.47. The smallest absolute Gasteiger partial charge is 0.235 e. The van der Waals surface area contributed by atoms with Crippen molar-refractivity contribution in [3.05, 3.63) is 24.2 Å². The lowest BCUT2D eigenvalue weighted by Crippen LogP contribution is -2.31. The highest BCUT2D eigenvalue weighted by atomic mass is 32.2. The zero-order valence-electron chi connectivity index (χ0n) is 10.5. The summed E-state index contributed by atoms with van der Waals surface area (Å²) < 4.78 is 33.1. The maximum atomic E-state index is 11.6. The van der Waals surface area contributed by atoms with E-state index < -0.39 is 21.5 Å². The van der Waals surface area contributed by atoms with Crippen LogP contribution in [0.1, 0.15) is 5.76 Å². The Morgan fingerprint density at radius 1 is 1.42 bits per heavy atom. The van der Waals surface area contributed by atoms with E-state index in [1.165, 1.54) is 6.26 Å². The fourth-order valence-electron chi connectivity index (χ4n) is 1.29. The largest absolute Gasteiger partial charge is 0.467 e. The standard InChI is InChI=1S/C11H18N2O5S/c12-3-5-17-6-7-19(15,16)9-11(14)13-8-10-2-1-4-18-10/h1-2,4H,3,5-9,12H2,(H,13,14). The van der Waals surface area contributed by atoms with Crippen LogP contribution in [0.25, 0.3) is 0 Å². The summed E-state index contributed by atoms with van der Waals surface area (Å²) in [5.41, 5.74) is 5.20.